The molecule has 6 heteroatoms. The molecule has 0 atom stereocenters. The minimum absolute atomic E-state index is 0.159. The lowest BCUT2D eigenvalue weighted by molar-refractivity contribution is -0.0497. The summed E-state index contributed by atoms with van der Waals surface area (Å²) in [5, 5.41) is 10.2. The standard InChI is InChI=1S/C10H11F2N3O/c1-5-3-7-6(4-14-15-7)8(13-2)9(5)16-10(11)12/h3-4,10,13H,1-2H3,(H,14,15). The number of anilines is 1. The van der Waals surface area contributed by atoms with Crippen molar-refractivity contribution in [3.8, 4) is 5.75 Å². The summed E-state index contributed by atoms with van der Waals surface area (Å²) < 4.78 is 29.0. The lowest BCUT2D eigenvalue weighted by Crippen LogP contribution is -2.06. The summed E-state index contributed by atoms with van der Waals surface area (Å²) in [7, 11) is 1.65. The fourth-order valence-corrected chi connectivity index (χ4v) is 1.70. The van der Waals surface area contributed by atoms with Crippen molar-refractivity contribution in [1.82, 2.24) is 10.2 Å². The quantitative estimate of drug-likeness (QED) is 0.847. The summed E-state index contributed by atoms with van der Waals surface area (Å²) in [5.41, 5.74) is 1.92. The van der Waals surface area contributed by atoms with E-state index in [-0.39, 0.29) is 5.75 Å². The molecule has 1 heterocycles. The van der Waals surface area contributed by atoms with Crippen LogP contribution in [0, 0.1) is 6.92 Å². The van der Waals surface area contributed by atoms with Gasteiger partial charge in [-0.3, -0.25) is 5.10 Å². The van der Waals surface area contributed by atoms with Crippen LogP contribution in [0.15, 0.2) is 12.3 Å². The Balaban J connectivity index is 2.64. The third-order valence-corrected chi connectivity index (χ3v) is 2.34. The van der Waals surface area contributed by atoms with E-state index in [1.807, 2.05) is 0 Å². The van der Waals surface area contributed by atoms with Gasteiger partial charge in [-0.25, -0.2) is 0 Å². The lowest BCUT2D eigenvalue weighted by atomic mass is 10.1. The molecular weight excluding hydrogens is 216 g/mol. The number of aryl methyl sites for hydroxylation is 1. The van der Waals surface area contributed by atoms with Gasteiger partial charge >= 0.3 is 6.61 Å². The largest absolute Gasteiger partial charge is 0.432 e. The van der Waals surface area contributed by atoms with E-state index < -0.39 is 6.61 Å². The maximum atomic E-state index is 12.3. The van der Waals surface area contributed by atoms with E-state index in [1.165, 1.54) is 0 Å². The molecule has 0 saturated carbocycles. The van der Waals surface area contributed by atoms with Gasteiger partial charge in [0.25, 0.3) is 0 Å². The average molecular weight is 227 g/mol. The minimum Gasteiger partial charge on any atom is -0.432 e. The molecule has 0 aliphatic heterocycles. The second-order valence-corrected chi connectivity index (χ2v) is 3.36. The summed E-state index contributed by atoms with van der Waals surface area (Å²) in [6, 6.07) is 1.72. The molecule has 0 aliphatic carbocycles. The smallest absolute Gasteiger partial charge is 0.387 e. The number of alkyl halides is 2. The fraction of sp³-hybridized carbons (Fsp3) is 0.300. The van der Waals surface area contributed by atoms with Gasteiger partial charge in [-0.05, 0) is 18.6 Å². The highest BCUT2D eigenvalue weighted by atomic mass is 19.3. The van der Waals surface area contributed by atoms with E-state index in [4.69, 9.17) is 0 Å². The molecular formula is C10H11F2N3O. The lowest BCUT2D eigenvalue weighted by Gasteiger charge is -2.13. The Bertz CT molecular complexity index is 510. The third-order valence-electron chi connectivity index (χ3n) is 2.34. The number of fused-ring (bicyclic) bond motifs is 1. The SMILES string of the molecule is CNc1c(OC(F)F)c(C)cc2[nH]ncc12. The van der Waals surface area contributed by atoms with Crippen LogP contribution in [0.2, 0.25) is 0 Å². The Hall–Kier alpha value is -1.85. The van der Waals surface area contributed by atoms with Crippen LogP contribution in [0.5, 0.6) is 5.75 Å². The Kier molecular flexibility index (Phi) is 2.64. The zero-order valence-electron chi connectivity index (χ0n) is 8.84. The van der Waals surface area contributed by atoms with Crippen molar-refractivity contribution >= 4 is 16.6 Å². The van der Waals surface area contributed by atoms with Gasteiger partial charge in [0, 0.05) is 12.4 Å². The van der Waals surface area contributed by atoms with Crippen LogP contribution in [0.4, 0.5) is 14.5 Å². The number of aromatic nitrogens is 2. The van der Waals surface area contributed by atoms with Crippen LogP contribution in [0.3, 0.4) is 0 Å². The molecule has 0 saturated heterocycles. The molecule has 0 bridgehead atoms. The van der Waals surface area contributed by atoms with Gasteiger partial charge in [0.05, 0.1) is 17.4 Å². The van der Waals surface area contributed by atoms with Crippen LogP contribution in [-0.2, 0) is 0 Å². The van der Waals surface area contributed by atoms with E-state index in [0.717, 1.165) is 10.9 Å². The molecule has 2 N–H and O–H groups in total. The average Bonchev–Trinajstić information content (AvgIpc) is 2.65. The molecule has 0 fully saturated rings. The fourth-order valence-electron chi connectivity index (χ4n) is 1.70. The summed E-state index contributed by atoms with van der Waals surface area (Å²) in [4.78, 5) is 0. The van der Waals surface area contributed by atoms with Gasteiger partial charge in [0.2, 0.25) is 0 Å². The van der Waals surface area contributed by atoms with E-state index in [2.05, 4.69) is 20.3 Å². The molecule has 16 heavy (non-hydrogen) atoms. The highest BCUT2D eigenvalue weighted by Crippen LogP contribution is 2.36. The highest BCUT2D eigenvalue weighted by molar-refractivity contribution is 5.95. The van der Waals surface area contributed by atoms with Crippen molar-refractivity contribution in [2.75, 3.05) is 12.4 Å². The number of halogens is 2. The predicted octanol–water partition coefficient (Wildman–Crippen LogP) is 2.51. The normalized spacial score (nSPS) is 11.1. The monoisotopic (exact) mass is 227 g/mol. The van der Waals surface area contributed by atoms with Crippen LogP contribution >= 0.6 is 0 Å². The van der Waals surface area contributed by atoms with Crippen molar-refractivity contribution < 1.29 is 13.5 Å². The summed E-state index contributed by atoms with van der Waals surface area (Å²) in [5.74, 6) is 0.159. The molecule has 0 unspecified atom stereocenters. The number of aromatic amines is 1. The maximum absolute atomic E-state index is 12.3. The van der Waals surface area contributed by atoms with Gasteiger partial charge in [-0.1, -0.05) is 0 Å². The maximum Gasteiger partial charge on any atom is 0.387 e. The first-order valence-electron chi connectivity index (χ1n) is 4.72. The molecule has 2 aromatic rings. The van der Waals surface area contributed by atoms with Gasteiger partial charge in [0.15, 0.2) is 5.75 Å². The van der Waals surface area contributed by atoms with Crippen molar-refractivity contribution in [3.63, 3.8) is 0 Å². The second kappa shape index (κ2) is 3.96. The number of rotatable bonds is 3. The van der Waals surface area contributed by atoms with Crippen LogP contribution in [0.1, 0.15) is 5.56 Å². The van der Waals surface area contributed by atoms with E-state index >= 15 is 0 Å². The third kappa shape index (κ3) is 1.66. The Morgan fingerprint density at radius 3 is 2.88 bits per heavy atom. The number of H-pyrrole nitrogens is 1. The van der Waals surface area contributed by atoms with Gasteiger partial charge in [0.1, 0.15) is 0 Å². The second-order valence-electron chi connectivity index (χ2n) is 3.36. The molecule has 0 amide bonds. The number of nitrogens with one attached hydrogen (secondary N) is 2. The Morgan fingerprint density at radius 1 is 1.50 bits per heavy atom. The van der Waals surface area contributed by atoms with Crippen LogP contribution < -0.4 is 10.1 Å². The van der Waals surface area contributed by atoms with Crippen LogP contribution in [-0.4, -0.2) is 23.9 Å². The first kappa shape index (κ1) is 10.7. The zero-order chi connectivity index (χ0) is 11.7. The zero-order valence-corrected chi connectivity index (χ0v) is 8.84. The van der Waals surface area contributed by atoms with Gasteiger partial charge in [-0.2, -0.15) is 13.9 Å². The number of nitrogens with zero attached hydrogens (tertiary/aromatic N) is 1. The summed E-state index contributed by atoms with van der Waals surface area (Å²) in [6.07, 6.45) is 1.57. The van der Waals surface area contributed by atoms with E-state index in [9.17, 15) is 8.78 Å². The predicted molar refractivity (Wildman–Crippen MR) is 57.0 cm³/mol. The van der Waals surface area contributed by atoms with E-state index in [0.29, 0.717) is 11.3 Å². The minimum atomic E-state index is -2.84. The number of ether oxygens (including phenoxy) is 1. The summed E-state index contributed by atoms with van der Waals surface area (Å²) in [6.45, 7) is -1.13. The Labute approximate surface area is 90.6 Å². The number of hydrogen-bond donors (Lipinski definition) is 2. The number of benzene rings is 1. The molecule has 86 valence electrons. The first-order valence-corrected chi connectivity index (χ1v) is 4.72. The molecule has 1 aromatic carbocycles. The molecule has 0 spiro atoms. The first-order chi connectivity index (χ1) is 7.63. The number of hydrogen-bond acceptors (Lipinski definition) is 3. The molecule has 0 aliphatic rings. The molecule has 0 radical (unpaired) electrons. The molecule has 1 aromatic heterocycles. The highest BCUT2D eigenvalue weighted by Gasteiger charge is 2.16. The van der Waals surface area contributed by atoms with E-state index in [1.54, 1.807) is 26.2 Å². The molecule has 2 rings (SSSR count). The van der Waals surface area contributed by atoms with Crippen molar-refractivity contribution in [2.24, 2.45) is 0 Å². The van der Waals surface area contributed by atoms with Crippen molar-refractivity contribution in [3.05, 3.63) is 17.8 Å². The van der Waals surface area contributed by atoms with Crippen molar-refractivity contribution in [2.45, 2.75) is 13.5 Å². The van der Waals surface area contributed by atoms with Crippen molar-refractivity contribution in [1.29, 1.82) is 0 Å². The van der Waals surface area contributed by atoms with Gasteiger partial charge in [-0.15, -0.1) is 0 Å². The topological polar surface area (TPSA) is 49.9 Å². The van der Waals surface area contributed by atoms with Crippen LogP contribution in [0.25, 0.3) is 10.9 Å². The molecule has 4 nitrogen and oxygen atoms in total. The van der Waals surface area contributed by atoms with Gasteiger partial charge < -0.3 is 10.1 Å². The summed E-state index contributed by atoms with van der Waals surface area (Å²) >= 11 is 0. The Morgan fingerprint density at radius 2 is 2.25 bits per heavy atom.